The Morgan fingerprint density at radius 2 is 1.81 bits per heavy atom. The molecular formula is C22H22O4. The molecule has 26 heavy (non-hydrogen) atoms. The molecule has 0 aliphatic rings. The molecule has 0 aliphatic heterocycles. The molecule has 0 amide bonds. The van der Waals surface area contributed by atoms with Gasteiger partial charge in [0.2, 0.25) is 0 Å². The van der Waals surface area contributed by atoms with Crippen LogP contribution in [0.15, 0.2) is 76.6 Å². The van der Waals surface area contributed by atoms with Crippen molar-refractivity contribution in [2.24, 2.45) is 0 Å². The molecule has 4 heteroatoms. The van der Waals surface area contributed by atoms with Gasteiger partial charge in [-0.15, -0.1) is 5.73 Å². The maximum atomic E-state index is 10.5. The lowest BCUT2D eigenvalue weighted by atomic mass is 9.98. The van der Waals surface area contributed by atoms with Gasteiger partial charge in [-0.25, -0.2) is 0 Å². The number of hydrogen-bond donors (Lipinski definition) is 3. The fourth-order valence-electron chi connectivity index (χ4n) is 3.00. The van der Waals surface area contributed by atoms with E-state index in [4.69, 9.17) is 4.42 Å². The van der Waals surface area contributed by atoms with Gasteiger partial charge < -0.3 is 19.7 Å². The van der Waals surface area contributed by atoms with Crippen molar-refractivity contribution in [1.29, 1.82) is 0 Å². The zero-order valence-corrected chi connectivity index (χ0v) is 14.6. The van der Waals surface area contributed by atoms with Crippen molar-refractivity contribution in [2.75, 3.05) is 0 Å². The summed E-state index contributed by atoms with van der Waals surface area (Å²) in [6.07, 6.45) is 2.72. The molecule has 0 aliphatic carbocycles. The number of aliphatic hydroxyl groups excluding tert-OH is 2. The van der Waals surface area contributed by atoms with Gasteiger partial charge in [-0.2, -0.15) is 0 Å². The fraction of sp³-hybridized carbons (Fsp3) is 0.227. The van der Waals surface area contributed by atoms with Crippen molar-refractivity contribution in [3.63, 3.8) is 0 Å². The molecule has 2 aromatic carbocycles. The molecule has 0 spiro atoms. The average Bonchev–Trinajstić information content (AvgIpc) is 3.17. The molecule has 1 aromatic heterocycles. The highest BCUT2D eigenvalue weighted by Crippen LogP contribution is 2.32. The Kier molecular flexibility index (Phi) is 5.59. The van der Waals surface area contributed by atoms with E-state index in [2.05, 4.69) is 5.73 Å². The number of aromatic hydroxyl groups is 1. The number of hydrogen-bond acceptors (Lipinski definition) is 4. The monoisotopic (exact) mass is 350 g/mol. The summed E-state index contributed by atoms with van der Waals surface area (Å²) in [5.74, 6) is 0.733. The molecule has 4 nitrogen and oxygen atoms in total. The topological polar surface area (TPSA) is 73.8 Å². The number of fused-ring (bicyclic) bond motifs is 1. The van der Waals surface area contributed by atoms with E-state index in [0.717, 1.165) is 21.9 Å². The van der Waals surface area contributed by atoms with Crippen molar-refractivity contribution >= 4 is 10.8 Å². The SMILES string of the molecule is CC(=C=CC[C@@H](O)c1ccc(O)c2ccccc12)C[C@@H](O)c1ccco1. The van der Waals surface area contributed by atoms with Crippen LogP contribution in [-0.2, 0) is 0 Å². The number of aliphatic hydroxyl groups is 2. The normalized spacial score (nSPS) is 13.2. The zero-order chi connectivity index (χ0) is 18.5. The van der Waals surface area contributed by atoms with Gasteiger partial charge in [0.25, 0.3) is 0 Å². The quantitative estimate of drug-likeness (QED) is 0.559. The highest BCUT2D eigenvalue weighted by molar-refractivity contribution is 5.91. The largest absolute Gasteiger partial charge is 0.507 e. The molecule has 0 fully saturated rings. The standard InChI is InChI=1S/C22H22O4/c1-15(14-21(25)22-10-5-13-26-22)6-4-9-19(23)18-11-12-20(24)17-8-3-2-7-16(17)18/h2-5,7-8,10-13,19,21,23-25H,9,14H2,1H3/t6?,19-,21-/m1/s1. The minimum absolute atomic E-state index is 0.203. The minimum atomic E-state index is -0.698. The lowest BCUT2D eigenvalue weighted by Gasteiger charge is -2.12. The number of phenolic OH excluding ortho intramolecular Hbond substituents is 1. The Labute approximate surface area is 152 Å². The van der Waals surface area contributed by atoms with Crippen LogP contribution >= 0.6 is 0 Å². The molecule has 1 heterocycles. The average molecular weight is 350 g/mol. The Morgan fingerprint density at radius 3 is 2.54 bits per heavy atom. The second-order valence-corrected chi connectivity index (χ2v) is 6.34. The van der Waals surface area contributed by atoms with Crippen LogP contribution in [0.25, 0.3) is 10.8 Å². The van der Waals surface area contributed by atoms with Gasteiger partial charge >= 0.3 is 0 Å². The Bertz CT molecular complexity index is 934. The van der Waals surface area contributed by atoms with Gasteiger partial charge in [-0.1, -0.05) is 30.3 Å². The molecule has 0 radical (unpaired) electrons. The zero-order valence-electron chi connectivity index (χ0n) is 14.6. The Balaban J connectivity index is 1.71. The first-order chi connectivity index (χ1) is 12.6. The third-order valence-corrected chi connectivity index (χ3v) is 4.35. The van der Waals surface area contributed by atoms with E-state index < -0.39 is 12.2 Å². The van der Waals surface area contributed by atoms with Gasteiger partial charge in [-0.05, 0) is 47.7 Å². The molecule has 3 N–H and O–H groups in total. The lowest BCUT2D eigenvalue weighted by molar-refractivity contribution is 0.150. The van der Waals surface area contributed by atoms with Crippen molar-refractivity contribution in [2.45, 2.75) is 32.0 Å². The van der Waals surface area contributed by atoms with Gasteiger partial charge in [-0.3, -0.25) is 0 Å². The van der Waals surface area contributed by atoms with E-state index in [0.29, 0.717) is 18.6 Å². The summed E-state index contributed by atoms with van der Waals surface area (Å²) in [5.41, 5.74) is 4.76. The van der Waals surface area contributed by atoms with E-state index in [-0.39, 0.29) is 5.75 Å². The molecule has 0 saturated heterocycles. The van der Waals surface area contributed by atoms with Crippen molar-refractivity contribution in [3.8, 4) is 5.75 Å². The summed E-state index contributed by atoms with van der Waals surface area (Å²) in [4.78, 5) is 0. The van der Waals surface area contributed by atoms with E-state index in [1.54, 1.807) is 30.3 Å². The highest BCUT2D eigenvalue weighted by Gasteiger charge is 2.12. The van der Waals surface area contributed by atoms with Gasteiger partial charge in [0.15, 0.2) is 0 Å². The summed E-state index contributed by atoms with van der Waals surface area (Å²) in [7, 11) is 0. The summed E-state index contributed by atoms with van der Waals surface area (Å²) in [6.45, 7) is 1.88. The molecule has 2 atom stereocenters. The number of rotatable bonds is 6. The third-order valence-electron chi connectivity index (χ3n) is 4.35. The Morgan fingerprint density at radius 1 is 1.04 bits per heavy atom. The van der Waals surface area contributed by atoms with Crippen LogP contribution in [0.2, 0.25) is 0 Å². The van der Waals surface area contributed by atoms with Gasteiger partial charge in [0.1, 0.15) is 17.6 Å². The molecule has 0 bridgehead atoms. The van der Waals surface area contributed by atoms with Crippen LogP contribution in [0.5, 0.6) is 5.75 Å². The molecule has 3 aromatic rings. The minimum Gasteiger partial charge on any atom is -0.507 e. The molecule has 134 valence electrons. The summed E-state index contributed by atoms with van der Waals surface area (Å²) in [5, 5.41) is 32.1. The first-order valence-electron chi connectivity index (χ1n) is 8.57. The second kappa shape index (κ2) is 8.07. The van der Waals surface area contributed by atoms with Gasteiger partial charge in [0.05, 0.1) is 12.4 Å². The number of phenols is 1. The molecule has 3 rings (SSSR count). The van der Waals surface area contributed by atoms with Crippen LogP contribution in [0, 0.1) is 0 Å². The smallest absolute Gasteiger partial charge is 0.132 e. The highest BCUT2D eigenvalue weighted by atomic mass is 16.4. The molecule has 0 saturated carbocycles. The van der Waals surface area contributed by atoms with Crippen LogP contribution < -0.4 is 0 Å². The van der Waals surface area contributed by atoms with Crippen molar-refractivity contribution < 1.29 is 19.7 Å². The number of benzene rings is 2. The summed E-state index contributed by atoms with van der Waals surface area (Å²) >= 11 is 0. The third kappa shape index (κ3) is 4.06. The summed E-state index contributed by atoms with van der Waals surface area (Å²) in [6, 6.07) is 14.3. The van der Waals surface area contributed by atoms with Crippen LogP contribution in [0.4, 0.5) is 0 Å². The second-order valence-electron chi connectivity index (χ2n) is 6.34. The van der Waals surface area contributed by atoms with E-state index in [1.165, 1.54) is 6.26 Å². The first kappa shape index (κ1) is 18.0. The van der Waals surface area contributed by atoms with E-state index in [9.17, 15) is 15.3 Å². The molecular weight excluding hydrogens is 328 g/mol. The molecule has 0 unspecified atom stereocenters. The lowest BCUT2D eigenvalue weighted by Crippen LogP contribution is -1.97. The fourth-order valence-corrected chi connectivity index (χ4v) is 3.00. The van der Waals surface area contributed by atoms with Gasteiger partial charge in [0, 0.05) is 18.2 Å². The maximum absolute atomic E-state index is 10.5. The predicted octanol–water partition coefficient (Wildman–Crippen LogP) is 4.79. The number of furan rings is 1. The predicted molar refractivity (Wildman–Crippen MR) is 101 cm³/mol. The van der Waals surface area contributed by atoms with Crippen LogP contribution in [0.1, 0.15) is 43.3 Å². The van der Waals surface area contributed by atoms with Crippen LogP contribution in [0.3, 0.4) is 0 Å². The van der Waals surface area contributed by atoms with Crippen LogP contribution in [-0.4, -0.2) is 15.3 Å². The van der Waals surface area contributed by atoms with Crippen molar-refractivity contribution in [3.05, 3.63) is 83.5 Å². The Hall–Kier alpha value is -2.78. The van der Waals surface area contributed by atoms with E-state index in [1.807, 2.05) is 31.2 Å². The summed E-state index contributed by atoms with van der Waals surface area (Å²) < 4.78 is 5.19. The van der Waals surface area contributed by atoms with Crippen molar-refractivity contribution in [1.82, 2.24) is 0 Å². The first-order valence-corrected chi connectivity index (χ1v) is 8.57. The maximum Gasteiger partial charge on any atom is 0.132 e. The van der Waals surface area contributed by atoms with E-state index >= 15 is 0 Å².